The smallest absolute Gasteiger partial charge is 0.129 e. The summed E-state index contributed by atoms with van der Waals surface area (Å²) >= 11 is 0. The zero-order valence-corrected chi connectivity index (χ0v) is 15.4. The Kier molecular flexibility index (Phi) is 4.79. The van der Waals surface area contributed by atoms with Gasteiger partial charge in [0, 0.05) is 5.56 Å². The number of methoxy groups -OCH3 is 2. The molecule has 0 radical (unpaired) electrons. The van der Waals surface area contributed by atoms with Crippen molar-refractivity contribution in [2.75, 3.05) is 14.2 Å². The summed E-state index contributed by atoms with van der Waals surface area (Å²) in [5.41, 5.74) is 3.41. The summed E-state index contributed by atoms with van der Waals surface area (Å²) in [4.78, 5) is 5.02. The lowest BCUT2D eigenvalue weighted by atomic mass is 9.94. The Balaban J connectivity index is 1.71. The first-order chi connectivity index (χ1) is 13.3. The quantitative estimate of drug-likeness (QED) is 0.728. The van der Waals surface area contributed by atoms with E-state index in [4.69, 9.17) is 14.5 Å². The topological polar surface area (TPSA) is 42.8 Å². The highest BCUT2D eigenvalue weighted by Crippen LogP contribution is 2.38. The third kappa shape index (κ3) is 3.51. The van der Waals surface area contributed by atoms with Crippen LogP contribution in [0.4, 0.5) is 0 Å². The normalized spacial score (nSPS) is 18.5. The fraction of sp³-hybridized carbons (Fsp3) is 0.174. The Bertz CT molecular complexity index is 919. The lowest BCUT2D eigenvalue weighted by Gasteiger charge is -2.20. The Hall–Kier alpha value is -3.27. The molecule has 1 N–H and O–H groups in total. The molecule has 0 aromatic heterocycles. The van der Waals surface area contributed by atoms with Gasteiger partial charge in [0.1, 0.15) is 23.4 Å². The molecule has 27 heavy (non-hydrogen) atoms. The molecule has 3 aromatic rings. The summed E-state index contributed by atoms with van der Waals surface area (Å²) < 4.78 is 10.6. The first-order valence-electron chi connectivity index (χ1n) is 8.96. The van der Waals surface area contributed by atoms with Crippen LogP contribution in [0.25, 0.3) is 0 Å². The van der Waals surface area contributed by atoms with Gasteiger partial charge in [-0.1, -0.05) is 54.6 Å². The standard InChI is InChI=1S/C23H22N2O2/c1-26-19-12-8-16(9-13-19)21-22(17-10-14-20(27-2)15-11-17)25-23(24-21)18-6-4-3-5-7-18/h3-15,21-22H,1-2H3,(H,24,25)/t21-,22-/m0/s1. The summed E-state index contributed by atoms with van der Waals surface area (Å²) in [5, 5.41) is 3.62. The molecular formula is C23H22N2O2. The third-order valence-electron chi connectivity index (χ3n) is 4.86. The number of nitrogens with one attached hydrogen (secondary N) is 1. The maximum absolute atomic E-state index is 5.30. The first-order valence-corrected chi connectivity index (χ1v) is 8.96. The highest BCUT2D eigenvalue weighted by Gasteiger charge is 2.31. The highest BCUT2D eigenvalue weighted by molar-refractivity contribution is 6.00. The van der Waals surface area contributed by atoms with Crippen molar-refractivity contribution in [2.45, 2.75) is 12.1 Å². The van der Waals surface area contributed by atoms with Gasteiger partial charge in [-0.15, -0.1) is 0 Å². The van der Waals surface area contributed by atoms with Gasteiger partial charge in [-0.05, 0) is 35.4 Å². The van der Waals surface area contributed by atoms with E-state index < -0.39 is 0 Å². The molecule has 3 aromatic carbocycles. The van der Waals surface area contributed by atoms with Crippen molar-refractivity contribution in [3.63, 3.8) is 0 Å². The summed E-state index contributed by atoms with van der Waals surface area (Å²) in [6, 6.07) is 26.6. The summed E-state index contributed by atoms with van der Waals surface area (Å²) in [7, 11) is 3.36. The van der Waals surface area contributed by atoms with Gasteiger partial charge in [-0.3, -0.25) is 4.99 Å². The molecule has 0 aliphatic carbocycles. The number of aliphatic imine (C=N–C) groups is 1. The van der Waals surface area contributed by atoms with Gasteiger partial charge in [0.05, 0.1) is 20.3 Å². The lowest BCUT2D eigenvalue weighted by Crippen LogP contribution is -2.25. The van der Waals surface area contributed by atoms with Crippen molar-refractivity contribution >= 4 is 5.84 Å². The first kappa shape index (κ1) is 17.2. The SMILES string of the molecule is COc1ccc([C@@H]2N=C(c3ccccc3)N[C@H]2c2ccc(OC)cc2)cc1. The number of hydrogen-bond donors (Lipinski definition) is 1. The zero-order valence-electron chi connectivity index (χ0n) is 15.4. The average Bonchev–Trinajstić information content (AvgIpc) is 3.20. The largest absolute Gasteiger partial charge is 0.497 e. The number of rotatable bonds is 5. The second kappa shape index (κ2) is 7.54. The molecule has 4 rings (SSSR count). The van der Waals surface area contributed by atoms with E-state index in [1.807, 2.05) is 42.5 Å². The number of amidine groups is 1. The van der Waals surface area contributed by atoms with Crippen LogP contribution in [0.3, 0.4) is 0 Å². The Morgan fingerprint density at radius 3 is 1.81 bits per heavy atom. The minimum atomic E-state index is -0.0143. The van der Waals surface area contributed by atoms with Crippen molar-refractivity contribution < 1.29 is 9.47 Å². The molecule has 0 saturated carbocycles. The molecule has 2 atom stereocenters. The van der Waals surface area contributed by atoms with Gasteiger partial charge < -0.3 is 14.8 Å². The van der Waals surface area contributed by atoms with E-state index in [2.05, 4.69) is 41.7 Å². The molecule has 1 aliphatic rings. The molecular weight excluding hydrogens is 336 g/mol. The molecule has 0 saturated heterocycles. The van der Waals surface area contributed by atoms with Crippen LogP contribution >= 0.6 is 0 Å². The van der Waals surface area contributed by atoms with Gasteiger partial charge in [0.2, 0.25) is 0 Å². The minimum absolute atomic E-state index is 0.0143. The Morgan fingerprint density at radius 2 is 1.26 bits per heavy atom. The third-order valence-corrected chi connectivity index (χ3v) is 4.86. The number of hydrogen-bond acceptors (Lipinski definition) is 4. The summed E-state index contributed by atoms with van der Waals surface area (Å²) in [6.45, 7) is 0. The van der Waals surface area contributed by atoms with Gasteiger partial charge >= 0.3 is 0 Å². The predicted molar refractivity (Wildman–Crippen MR) is 108 cm³/mol. The molecule has 136 valence electrons. The van der Waals surface area contributed by atoms with Gasteiger partial charge in [-0.2, -0.15) is 0 Å². The van der Waals surface area contributed by atoms with E-state index in [0.29, 0.717) is 0 Å². The summed E-state index contributed by atoms with van der Waals surface area (Å²) in [6.07, 6.45) is 0. The molecule has 0 unspecified atom stereocenters. The van der Waals surface area contributed by atoms with Crippen LogP contribution in [0.1, 0.15) is 28.8 Å². The Morgan fingerprint density at radius 1 is 0.704 bits per heavy atom. The van der Waals surface area contributed by atoms with Crippen molar-refractivity contribution in [1.82, 2.24) is 5.32 Å². The molecule has 0 bridgehead atoms. The maximum atomic E-state index is 5.30. The van der Waals surface area contributed by atoms with Crippen LogP contribution in [-0.4, -0.2) is 20.1 Å². The second-order valence-corrected chi connectivity index (χ2v) is 6.46. The van der Waals surface area contributed by atoms with Crippen LogP contribution in [0, 0.1) is 0 Å². The van der Waals surface area contributed by atoms with E-state index >= 15 is 0 Å². The zero-order chi connectivity index (χ0) is 18.6. The van der Waals surface area contributed by atoms with Crippen molar-refractivity contribution in [1.29, 1.82) is 0 Å². The molecule has 0 fully saturated rings. The molecule has 4 nitrogen and oxygen atoms in total. The van der Waals surface area contributed by atoms with Gasteiger partial charge in [-0.25, -0.2) is 0 Å². The number of nitrogens with zero attached hydrogens (tertiary/aromatic N) is 1. The average molecular weight is 358 g/mol. The molecule has 4 heteroatoms. The monoisotopic (exact) mass is 358 g/mol. The lowest BCUT2D eigenvalue weighted by molar-refractivity contribution is 0.414. The molecule has 1 aliphatic heterocycles. The van der Waals surface area contributed by atoms with E-state index in [0.717, 1.165) is 28.5 Å². The number of ether oxygens (including phenoxy) is 2. The van der Waals surface area contributed by atoms with Crippen LogP contribution in [0.2, 0.25) is 0 Å². The van der Waals surface area contributed by atoms with E-state index in [1.165, 1.54) is 5.56 Å². The molecule has 0 spiro atoms. The van der Waals surface area contributed by atoms with E-state index in [9.17, 15) is 0 Å². The predicted octanol–water partition coefficient (Wildman–Crippen LogP) is 4.54. The molecule has 1 heterocycles. The van der Waals surface area contributed by atoms with Crippen LogP contribution in [-0.2, 0) is 0 Å². The van der Waals surface area contributed by atoms with Crippen molar-refractivity contribution in [2.24, 2.45) is 4.99 Å². The van der Waals surface area contributed by atoms with E-state index in [1.54, 1.807) is 14.2 Å². The van der Waals surface area contributed by atoms with Gasteiger partial charge in [0.15, 0.2) is 0 Å². The Labute approximate surface area is 159 Å². The van der Waals surface area contributed by atoms with Gasteiger partial charge in [0.25, 0.3) is 0 Å². The van der Waals surface area contributed by atoms with Crippen LogP contribution in [0.15, 0.2) is 83.9 Å². The van der Waals surface area contributed by atoms with Crippen molar-refractivity contribution in [3.05, 3.63) is 95.6 Å². The fourth-order valence-corrected chi connectivity index (χ4v) is 3.38. The summed E-state index contributed by atoms with van der Waals surface area (Å²) in [5.74, 6) is 2.61. The fourth-order valence-electron chi connectivity index (χ4n) is 3.38. The number of benzene rings is 3. The maximum Gasteiger partial charge on any atom is 0.129 e. The minimum Gasteiger partial charge on any atom is -0.497 e. The van der Waals surface area contributed by atoms with Crippen LogP contribution < -0.4 is 14.8 Å². The van der Waals surface area contributed by atoms with Crippen molar-refractivity contribution in [3.8, 4) is 11.5 Å². The van der Waals surface area contributed by atoms with Crippen LogP contribution in [0.5, 0.6) is 11.5 Å². The second-order valence-electron chi connectivity index (χ2n) is 6.46. The highest BCUT2D eigenvalue weighted by atomic mass is 16.5. The van der Waals surface area contributed by atoms with E-state index in [-0.39, 0.29) is 12.1 Å². The molecule has 0 amide bonds.